The van der Waals surface area contributed by atoms with Gasteiger partial charge in [0.2, 0.25) is 0 Å². The van der Waals surface area contributed by atoms with E-state index in [0.29, 0.717) is 45.1 Å². The molecule has 13 heteroatoms. The van der Waals surface area contributed by atoms with Crippen LogP contribution in [0, 0.1) is 0 Å². The molecule has 1 aliphatic rings. The van der Waals surface area contributed by atoms with Crippen molar-refractivity contribution in [3.8, 4) is 22.8 Å². The van der Waals surface area contributed by atoms with Crippen LogP contribution < -0.4 is 13.8 Å². The molecule has 1 aliphatic heterocycles. The van der Waals surface area contributed by atoms with Crippen molar-refractivity contribution in [2.45, 2.75) is 12.7 Å². The molecule has 1 saturated heterocycles. The second-order valence-corrected chi connectivity index (χ2v) is 13.4. The van der Waals surface area contributed by atoms with Crippen LogP contribution in [0.1, 0.15) is 22.5 Å². The van der Waals surface area contributed by atoms with E-state index in [-0.39, 0.29) is 18.2 Å². The highest BCUT2D eigenvalue weighted by molar-refractivity contribution is 8.00. The quantitative estimate of drug-likeness (QED) is 0.166. The highest BCUT2D eigenvalue weighted by atomic mass is 35.5. The van der Waals surface area contributed by atoms with Gasteiger partial charge >= 0.3 is 6.18 Å². The molecule has 5 aromatic rings. The van der Waals surface area contributed by atoms with Crippen molar-refractivity contribution in [2.75, 3.05) is 10.8 Å². The highest BCUT2D eigenvalue weighted by Gasteiger charge is 2.30. The Bertz CT molecular complexity index is 2080. The molecule has 0 bridgehead atoms. The van der Waals surface area contributed by atoms with Crippen molar-refractivity contribution in [1.29, 1.82) is 0 Å². The topological polar surface area (TPSA) is 76.5 Å². The number of benzene rings is 4. The molecule has 0 saturated carbocycles. The van der Waals surface area contributed by atoms with Crippen LogP contribution in [-0.4, -0.2) is 32.1 Å². The Hall–Kier alpha value is -4.71. The lowest BCUT2D eigenvalue weighted by atomic mass is 10.1. The van der Waals surface area contributed by atoms with Crippen LogP contribution in [0.4, 0.5) is 18.9 Å². The number of carbonyl (C=O) groups is 1. The van der Waals surface area contributed by atoms with Gasteiger partial charge in [0.05, 0.1) is 22.0 Å². The summed E-state index contributed by atoms with van der Waals surface area (Å²) in [6.45, 7) is 0.403. The van der Waals surface area contributed by atoms with Gasteiger partial charge in [-0.3, -0.25) is 13.8 Å². The molecule has 2 heterocycles. The van der Waals surface area contributed by atoms with Crippen LogP contribution in [0.25, 0.3) is 23.4 Å². The van der Waals surface area contributed by atoms with Gasteiger partial charge in [-0.15, -0.1) is 0 Å². The lowest BCUT2D eigenvalue weighted by Gasteiger charge is -2.19. The fourth-order valence-corrected chi connectivity index (χ4v) is 6.73. The number of rotatable bonds is 8. The van der Waals surface area contributed by atoms with Crippen LogP contribution in [0.2, 0.25) is 10.0 Å². The van der Waals surface area contributed by atoms with Crippen molar-refractivity contribution in [1.82, 2.24) is 14.3 Å². The van der Waals surface area contributed by atoms with Gasteiger partial charge in [0, 0.05) is 23.3 Å². The molecule has 1 aromatic heterocycles. The minimum atomic E-state index is -4.42. The van der Waals surface area contributed by atoms with E-state index in [1.165, 1.54) is 16.4 Å². The molecule has 4 aromatic carbocycles. The summed E-state index contributed by atoms with van der Waals surface area (Å²) in [6.07, 6.45) is 1.20. The van der Waals surface area contributed by atoms with E-state index in [2.05, 4.69) is 10.6 Å². The molecule has 6 rings (SSSR count). The van der Waals surface area contributed by atoms with Crippen molar-refractivity contribution >= 4 is 62.7 Å². The Morgan fingerprint density at radius 2 is 1.60 bits per heavy atom. The minimum absolute atomic E-state index is 0.0362. The summed E-state index contributed by atoms with van der Waals surface area (Å²) in [7, 11) is -2.92. The number of hydrogen-bond acceptors (Lipinski definition) is 4. The van der Waals surface area contributed by atoms with Crippen molar-refractivity contribution in [3.63, 3.8) is 0 Å². The maximum absolute atomic E-state index is 12.9. The summed E-state index contributed by atoms with van der Waals surface area (Å²) in [6, 6.07) is 24.1. The number of aromatic nitrogens is 2. The molecule has 0 spiro atoms. The van der Waals surface area contributed by atoms with Gasteiger partial charge in [0.1, 0.15) is 33.8 Å². The van der Waals surface area contributed by atoms with E-state index >= 15 is 0 Å². The third-order valence-electron chi connectivity index (χ3n) is 7.23. The molecule has 0 radical (unpaired) electrons. The van der Waals surface area contributed by atoms with Gasteiger partial charge in [-0.25, -0.2) is 9.19 Å². The zero-order valence-electron chi connectivity index (χ0n) is 24.4. The lowest BCUT2D eigenvalue weighted by molar-refractivity contribution is -0.137. The number of alkyl halides is 3. The number of imidazole rings is 1. The predicted octanol–water partition coefficient (Wildman–Crippen LogP) is 8.37. The lowest BCUT2D eigenvalue weighted by Crippen LogP contribution is -2.29. The average Bonchev–Trinajstić information content (AvgIpc) is 3.54. The molecular weight excluding hydrogens is 672 g/mol. The third kappa shape index (κ3) is 7.48. The summed E-state index contributed by atoms with van der Waals surface area (Å²) >= 11 is 12.6. The van der Waals surface area contributed by atoms with E-state index in [1.54, 1.807) is 42.5 Å². The van der Waals surface area contributed by atoms with Crippen LogP contribution in [0.5, 0.6) is 11.5 Å². The molecule has 1 N–H and O–H groups in total. The Labute approximate surface area is 279 Å². The second-order valence-electron chi connectivity index (χ2n) is 10.6. The number of carbonyl (C=O) groups excluding carboxylic acids is 1. The minimum Gasteiger partial charge on any atom is -0.457 e. The van der Waals surface area contributed by atoms with Gasteiger partial charge in [-0.2, -0.15) is 13.2 Å². The number of anilines is 1. The smallest absolute Gasteiger partial charge is 0.416 e. The average molecular weight is 698 g/mol. The van der Waals surface area contributed by atoms with Gasteiger partial charge in [0.25, 0.3) is 5.91 Å². The first-order chi connectivity index (χ1) is 22.3. The number of hydrogen-bond donors (Lipinski definition) is 1. The van der Waals surface area contributed by atoms with Gasteiger partial charge in [-0.05, 0) is 89.8 Å². The first-order valence-corrected chi connectivity index (χ1v) is 16.5. The van der Waals surface area contributed by atoms with Gasteiger partial charge in [-0.1, -0.05) is 53.5 Å². The van der Waals surface area contributed by atoms with Crippen molar-refractivity contribution in [2.24, 2.45) is 0 Å². The molecule has 240 valence electrons. The normalized spacial score (nSPS) is 16.5. The third-order valence-corrected chi connectivity index (χ3v) is 9.38. The molecule has 1 atom stereocenters. The molecule has 1 unspecified atom stereocenters. The van der Waals surface area contributed by atoms with Crippen LogP contribution in [0.15, 0.2) is 97.2 Å². The number of nitrogens with one attached hydrogen (secondary N) is 1. The Kier molecular flexibility index (Phi) is 8.80. The SMILES string of the molecule is C=S1(=O)NC(=O)CN1c1ccc(Cn2cc(-c3ccc(Cl)cc3Cl)nc2/C=C/c2ccc(Oc3ccc(C(F)(F)F)cc3)cc2)cc1. The Morgan fingerprint density at radius 1 is 0.936 bits per heavy atom. The zero-order chi connectivity index (χ0) is 33.3. The highest BCUT2D eigenvalue weighted by Crippen LogP contribution is 2.33. The van der Waals surface area contributed by atoms with Crippen LogP contribution in [-0.2, 0) is 27.4 Å². The first-order valence-electron chi connectivity index (χ1n) is 14.0. The zero-order valence-corrected chi connectivity index (χ0v) is 26.7. The summed E-state index contributed by atoms with van der Waals surface area (Å²) in [5.74, 6) is 4.69. The largest absolute Gasteiger partial charge is 0.457 e. The van der Waals surface area contributed by atoms with Crippen molar-refractivity contribution in [3.05, 3.63) is 130 Å². The molecule has 47 heavy (non-hydrogen) atoms. The van der Waals surface area contributed by atoms with E-state index in [0.717, 1.165) is 23.3 Å². The van der Waals surface area contributed by atoms with Gasteiger partial charge in [0.15, 0.2) is 0 Å². The number of halogens is 5. The maximum Gasteiger partial charge on any atom is 0.416 e. The summed E-state index contributed by atoms with van der Waals surface area (Å²) in [5.41, 5.74) is 2.97. The monoisotopic (exact) mass is 696 g/mol. The molecular formula is C34H25Cl2F3N4O3S. The van der Waals surface area contributed by atoms with Crippen LogP contribution >= 0.6 is 23.2 Å². The maximum atomic E-state index is 12.9. The van der Waals surface area contributed by atoms with E-state index in [1.807, 2.05) is 47.2 Å². The van der Waals surface area contributed by atoms with E-state index < -0.39 is 21.6 Å². The van der Waals surface area contributed by atoms with E-state index in [4.69, 9.17) is 32.9 Å². The summed E-state index contributed by atoms with van der Waals surface area (Å²) < 4.78 is 62.7. The Morgan fingerprint density at radius 3 is 2.19 bits per heavy atom. The number of amides is 1. The summed E-state index contributed by atoms with van der Waals surface area (Å²) in [5, 5.41) is 0.960. The standard InChI is InChI=1S/C34H25Cl2F3N4O3S/c1-47(45)41-33(44)21-43(47)26-10-2-23(3-11-26)19-42-20-31(29-16-9-25(35)18-30(29)36)40-32(42)17-6-22-4-12-27(13-5-22)46-28-14-7-24(8-15-28)34(37,38)39/h2-18,20H,1,19,21H2,(H,41,44,45)/b17-6+. The summed E-state index contributed by atoms with van der Waals surface area (Å²) in [4.78, 5) is 16.6. The molecule has 1 fully saturated rings. The number of nitrogens with zero attached hydrogens (tertiary/aromatic N) is 3. The Balaban J connectivity index is 1.23. The van der Waals surface area contributed by atoms with Crippen molar-refractivity contribution < 1.29 is 26.9 Å². The second kappa shape index (κ2) is 12.8. The fraction of sp³-hybridized carbons (Fsp3) is 0.0882. The molecule has 1 amide bonds. The molecule has 7 nitrogen and oxygen atoms in total. The fourth-order valence-electron chi connectivity index (χ4n) is 4.91. The van der Waals surface area contributed by atoms with Gasteiger partial charge < -0.3 is 9.30 Å². The molecule has 0 aliphatic carbocycles. The van der Waals surface area contributed by atoms with E-state index in [9.17, 15) is 22.2 Å². The van der Waals surface area contributed by atoms with Crippen LogP contribution in [0.3, 0.4) is 0 Å². The first kappa shape index (κ1) is 32.2. The predicted molar refractivity (Wildman–Crippen MR) is 181 cm³/mol. The number of ether oxygens (including phenoxy) is 1.